The summed E-state index contributed by atoms with van der Waals surface area (Å²) >= 11 is 0. The largest absolute Gasteiger partial charge is 0.386 e. The molecule has 0 spiro atoms. The van der Waals surface area contributed by atoms with Gasteiger partial charge in [-0.25, -0.2) is 4.79 Å². The van der Waals surface area contributed by atoms with Crippen molar-refractivity contribution >= 4 is 8.07 Å². The van der Waals surface area contributed by atoms with Crippen LogP contribution >= 0.6 is 0 Å². The van der Waals surface area contributed by atoms with Crippen LogP contribution in [0.2, 0.25) is 24.2 Å². The molecule has 1 saturated heterocycles. The topological polar surface area (TPSA) is 103 Å². The van der Waals surface area contributed by atoms with E-state index < -0.39 is 49.2 Å². The molecule has 1 fully saturated rings. The maximum Gasteiger partial charge on any atom is 0.330 e. The van der Waals surface area contributed by atoms with Gasteiger partial charge in [0.05, 0.1) is 34.1 Å². The molecule has 1 aliphatic rings. The molecule has 3 aromatic rings. The number of aliphatic hydroxyl groups is 1. The standard InChI is InChI=1S/C31H41FN2O6Si/c1-4-41(5-2,6-3)18-17-31(22-38-20-23-13-9-7-10-14-23)27(39-21-24-15-11-8-12-16-24)26(35)29(40-31)34-19-25(32)28(36)33-30(34)37/h7-16,19,26-27,29,35H,4-6,17-18,20-22H2,1-3H3,(H,33,36,37)/t26-,27+,29-,31-/m1/s1. The van der Waals surface area contributed by atoms with Crippen molar-refractivity contribution in [2.45, 2.75) is 88.6 Å². The first-order valence-electron chi connectivity index (χ1n) is 14.4. The molecule has 4 atom stereocenters. The predicted octanol–water partition coefficient (Wildman–Crippen LogP) is 5.01. The number of nitrogens with one attached hydrogen (secondary N) is 1. The summed E-state index contributed by atoms with van der Waals surface area (Å²) in [4.78, 5) is 26.5. The minimum absolute atomic E-state index is 0.0944. The Bertz CT molecular complexity index is 1360. The molecule has 2 aromatic carbocycles. The van der Waals surface area contributed by atoms with Crippen LogP contribution in [0.15, 0.2) is 76.4 Å². The molecule has 0 aliphatic carbocycles. The number of rotatable bonds is 14. The molecular formula is C31H41FN2O6Si. The van der Waals surface area contributed by atoms with Crippen molar-refractivity contribution in [2.24, 2.45) is 0 Å². The van der Waals surface area contributed by atoms with Gasteiger partial charge in [-0.1, -0.05) is 106 Å². The Morgan fingerprint density at radius 3 is 2.15 bits per heavy atom. The summed E-state index contributed by atoms with van der Waals surface area (Å²) in [6.07, 6.45) is -2.17. The average Bonchev–Trinajstić information content (AvgIpc) is 3.26. The highest BCUT2D eigenvalue weighted by molar-refractivity contribution is 6.79. The normalized spacial score (nSPS) is 22.7. The number of aromatic nitrogens is 2. The zero-order valence-corrected chi connectivity index (χ0v) is 25.1. The van der Waals surface area contributed by atoms with Gasteiger partial charge in [0.15, 0.2) is 6.23 Å². The summed E-state index contributed by atoms with van der Waals surface area (Å²) < 4.78 is 34.5. The highest BCUT2D eigenvalue weighted by atomic mass is 28.3. The van der Waals surface area contributed by atoms with Gasteiger partial charge in [-0.2, -0.15) is 4.39 Å². The number of hydrogen-bond acceptors (Lipinski definition) is 6. The van der Waals surface area contributed by atoms with E-state index in [2.05, 4.69) is 20.8 Å². The Balaban J connectivity index is 1.72. The first-order valence-corrected chi connectivity index (χ1v) is 17.2. The van der Waals surface area contributed by atoms with Gasteiger partial charge in [-0.15, -0.1) is 0 Å². The van der Waals surface area contributed by atoms with Crippen molar-refractivity contribution in [1.29, 1.82) is 0 Å². The Labute approximate surface area is 241 Å². The molecule has 0 bridgehead atoms. The molecule has 0 saturated carbocycles. The van der Waals surface area contributed by atoms with Crippen LogP contribution in [0.25, 0.3) is 0 Å². The zero-order valence-electron chi connectivity index (χ0n) is 24.1. The highest BCUT2D eigenvalue weighted by Gasteiger charge is 2.57. The maximum atomic E-state index is 14.3. The van der Waals surface area contributed by atoms with E-state index in [1.54, 1.807) is 0 Å². The van der Waals surface area contributed by atoms with Gasteiger partial charge in [-0.3, -0.25) is 14.3 Å². The van der Waals surface area contributed by atoms with Crippen molar-refractivity contribution < 1.29 is 23.7 Å². The van der Waals surface area contributed by atoms with Crippen LogP contribution in [0, 0.1) is 5.82 Å². The SMILES string of the molecule is CC[Si](CC)(CC)CC[C@]1(COCc2ccccc2)O[C@@H](n2cc(F)c(=O)[nH]c2=O)[C@H](O)[C@@H]1OCc1ccccc1. The molecule has 1 aliphatic heterocycles. The van der Waals surface area contributed by atoms with Gasteiger partial charge in [0, 0.05) is 0 Å². The summed E-state index contributed by atoms with van der Waals surface area (Å²) in [6.45, 7) is 7.32. The molecule has 222 valence electrons. The number of ether oxygens (including phenoxy) is 3. The number of halogens is 1. The lowest BCUT2D eigenvalue weighted by Gasteiger charge is -2.38. The van der Waals surface area contributed by atoms with Crippen LogP contribution in [-0.4, -0.2) is 47.1 Å². The van der Waals surface area contributed by atoms with E-state index in [4.69, 9.17) is 14.2 Å². The highest BCUT2D eigenvalue weighted by Crippen LogP contribution is 2.44. The molecule has 0 amide bonds. The second-order valence-electron chi connectivity index (χ2n) is 11.0. The van der Waals surface area contributed by atoms with Crippen molar-refractivity contribution in [3.05, 3.63) is 105 Å². The minimum atomic E-state index is -1.65. The van der Waals surface area contributed by atoms with Crippen molar-refractivity contribution in [1.82, 2.24) is 9.55 Å². The first kappa shape index (κ1) is 31.1. The third-order valence-electron chi connectivity index (χ3n) is 8.73. The number of H-pyrrole nitrogens is 1. The monoisotopic (exact) mass is 584 g/mol. The van der Waals surface area contributed by atoms with Crippen LogP contribution in [0.3, 0.4) is 0 Å². The predicted molar refractivity (Wildman–Crippen MR) is 158 cm³/mol. The van der Waals surface area contributed by atoms with Crippen LogP contribution in [-0.2, 0) is 27.4 Å². The van der Waals surface area contributed by atoms with E-state index in [0.29, 0.717) is 13.0 Å². The van der Waals surface area contributed by atoms with E-state index in [9.17, 15) is 19.1 Å². The number of hydrogen-bond donors (Lipinski definition) is 2. The molecule has 10 heteroatoms. The van der Waals surface area contributed by atoms with Gasteiger partial charge >= 0.3 is 5.69 Å². The van der Waals surface area contributed by atoms with E-state index in [1.807, 2.05) is 65.6 Å². The Kier molecular flexibility index (Phi) is 10.5. The molecule has 41 heavy (non-hydrogen) atoms. The molecule has 4 rings (SSSR count). The lowest BCUT2D eigenvalue weighted by atomic mass is 9.92. The number of nitrogens with zero attached hydrogens (tertiary/aromatic N) is 1. The molecule has 2 N–H and O–H groups in total. The molecule has 8 nitrogen and oxygen atoms in total. The van der Waals surface area contributed by atoms with E-state index in [1.165, 1.54) is 0 Å². The second-order valence-corrected chi connectivity index (χ2v) is 16.6. The number of benzene rings is 2. The Hall–Kier alpha value is -2.89. The van der Waals surface area contributed by atoms with Gasteiger partial charge in [-0.05, 0) is 17.5 Å². The second kappa shape index (κ2) is 13.8. The molecular weight excluding hydrogens is 543 g/mol. The maximum absolute atomic E-state index is 14.3. The summed E-state index contributed by atoms with van der Waals surface area (Å²) in [6, 6.07) is 23.6. The van der Waals surface area contributed by atoms with Crippen molar-refractivity contribution in [3.63, 3.8) is 0 Å². The summed E-state index contributed by atoms with van der Waals surface area (Å²) in [7, 11) is -1.65. The average molecular weight is 585 g/mol. The fourth-order valence-corrected chi connectivity index (χ4v) is 9.30. The van der Waals surface area contributed by atoms with Gasteiger partial charge < -0.3 is 19.3 Å². The molecule has 0 radical (unpaired) electrons. The fraction of sp³-hybridized carbons (Fsp3) is 0.484. The smallest absolute Gasteiger partial charge is 0.330 e. The molecule has 2 heterocycles. The lowest BCUT2D eigenvalue weighted by molar-refractivity contribution is -0.159. The van der Waals surface area contributed by atoms with Crippen LogP contribution in [0.5, 0.6) is 0 Å². The molecule has 1 aromatic heterocycles. The first-order chi connectivity index (χ1) is 19.8. The Morgan fingerprint density at radius 2 is 1.56 bits per heavy atom. The lowest BCUT2D eigenvalue weighted by Crippen LogP contribution is -2.50. The Morgan fingerprint density at radius 1 is 0.976 bits per heavy atom. The van der Waals surface area contributed by atoms with Crippen molar-refractivity contribution in [2.75, 3.05) is 6.61 Å². The van der Waals surface area contributed by atoms with Crippen LogP contribution in [0.1, 0.15) is 44.5 Å². The third-order valence-corrected chi connectivity index (χ3v) is 14.5. The van der Waals surface area contributed by atoms with Gasteiger partial charge in [0.1, 0.15) is 17.8 Å². The third kappa shape index (κ3) is 7.13. The summed E-state index contributed by atoms with van der Waals surface area (Å²) in [5, 5.41) is 11.6. The van der Waals surface area contributed by atoms with E-state index in [0.717, 1.165) is 46.1 Å². The summed E-state index contributed by atoms with van der Waals surface area (Å²) in [5.74, 6) is -1.14. The van der Waals surface area contributed by atoms with Gasteiger partial charge in [0.2, 0.25) is 5.82 Å². The van der Waals surface area contributed by atoms with Crippen LogP contribution in [0.4, 0.5) is 4.39 Å². The van der Waals surface area contributed by atoms with Gasteiger partial charge in [0.25, 0.3) is 5.56 Å². The van der Waals surface area contributed by atoms with Crippen LogP contribution < -0.4 is 11.2 Å². The number of aliphatic hydroxyl groups excluding tert-OH is 1. The van der Waals surface area contributed by atoms with Crippen molar-refractivity contribution in [3.8, 4) is 0 Å². The quantitative estimate of drug-likeness (QED) is 0.259. The molecule has 0 unspecified atom stereocenters. The summed E-state index contributed by atoms with van der Waals surface area (Å²) in [5.41, 5.74) is -1.23. The van der Waals surface area contributed by atoms with E-state index >= 15 is 0 Å². The zero-order chi connectivity index (χ0) is 29.5. The minimum Gasteiger partial charge on any atom is -0.386 e. The van der Waals surface area contributed by atoms with E-state index in [-0.39, 0.29) is 13.2 Å². The number of aromatic amines is 1. The fourth-order valence-electron chi connectivity index (χ4n) is 5.78.